The molecule has 2 heterocycles. The second-order valence-electron chi connectivity index (χ2n) is 6.69. The summed E-state index contributed by atoms with van der Waals surface area (Å²) >= 11 is 0. The number of benzene rings is 1. The van der Waals surface area contributed by atoms with Crippen LogP contribution in [-0.2, 0) is 14.3 Å². The maximum absolute atomic E-state index is 12.5. The van der Waals surface area contributed by atoms with E-state index in [0.29, 0.717) is 29.7 Å². The van der Waals surface area contributed by atoms with E-state index in [1.807, 2.05) is 45.6 Å². The Hall–Kier alpha value is -2.80. The van der Waals surface area contributed by atoms with E-state index in [0.717, 1.165) is 5.69 Å². The number of carbonyl (C=O) groups excluding carboxylic acids is 1. The van der Waals surface area contributed by atoms with E-state index in [1.165, 1.54) is 7.11 Å². The van der Waals surface area contributed by atoms with Gasteiger partial charge in [-0.2, -0.15) is 5.26 Å². The molecule has 0 radical (unpaired) electrons. The van der Waals surface area contributed by atoms with E-state index >= 15 is 0 Å². The fourth-order valence-electron chi connectivity index (χ4n) is 3.26. The summed E-state index contributed by atoms with van der Waals surface area (Å²) in [5, 5.41) is 21.7. The van der Waals surface area contributed by atoms with E-state index in [1.54, 1.807) is 18.5 Å². The summed E-state index contributed by atoms with van der Waals surface area (Å²) in [7, 11) is 1.49. The van der Waals surface area contributed by atoms with Gasteiger partial charge in [0.1, 0.15) is 17.1 Å². The first-order valence-electron chi connectivity index (χ1n) is 11.0. The monoisotopic (exact) mass is 445 g/mol. The molecular formula is C23H35N5O4. The molecule has 1 aromatic heterocycles. The van der Waals surface area contributed by atoms with Gasteiger partial charge in [-0.05, 0) is 19.1 Å². The van der Waals surface area contributed by atoms with Crippen LogP contribution in [-0.4, -0.2) is 72.6 Å². The van der Waals surface area contributed by atoms with Gasteiger partial charge >= 0.3 is 0 Å². The third-order valence-electron chi connectivity index (χ3n) is 4.49. The molecule has 176 valence electrons. The number of nitrogens with zero attached hydrogens (tertiary/aromatic N) is 4. The normalized spacial score (nSPS) is 18.4. The summed E-state index contributed by atoms with van der Waals surface area (Å²) in [5.74, 6) is -0.296. The molecular weight excluding hydrogens is 410 g/mol. The van der Waals surface area contributed by atoms with Crippen LogP contribution in [0.15, 0.2) is 24.5 Å². The topological polar surface area (TPSA) is 121 Å². The molecule has 1 fully saturated rings. The first-order chi connectivity index (χ1) is 15.5. The molecule has 0 spiro atoms. The maximum Gasteiger partial charge on any atom is 0.251 e. The average molecular weight is 446 g/mol. The van der Waals surface area contributed by atoms with Crippen LogP contribution in [0.25, 0.3) is 11.0 Å². The Kier molecular flexibility index (Phi) is 12.2. The molecule has 1 amide bonds. The lowest BCUT2D eigenvalue weighted by Gasteiger charge is -2.37. The van der Waals surface area contributed by atoms with E-state index < -0.39 is 12.2 Å². The first-order valence-corrected chi connectivity index (χ1v) is 11.0. The minimum absolute atomic E-state index is 0.0895. The number of aliphatic hydroxyl groups is 1. The minimum Gasteiger partial charge on any atom is -0.389 e. The Morgan fingerprint density at radius 1 is 1.28 bits per heavy atom. The molecule has 3 atom stereocenters. The molecule has 9 nitrogen and oxygen atoms in total. The highest BCUT2D eigenvalue weighted by Gasteiger charge is 2.31. The molecule has 2 unspecified atom stereocenters. The number of hydrogen-bond donors (Lipinski definition) is 2. The Balaban J connectivity index is 0.00000121. The van der Waals surface area contributed by atoms with Gasteiger partial charge in [0.2, 0.25) is 0 Å². The summed E-state index contributed by atoms with van der Waals surface area (Å²) in [4.78, 5) is 23.2. The molecule has 1 aliphatic heterocycles. The molecule has 3 rings (SSSR count). The number of hydrogen-bond acceptors (Lipinski definition) is 8. The third kappa shape index (κ3) is 7.12. The number of aromatic nitrogens is 2. The van der Waals surface area contributed by atoms with Crippen LogP contribution >= 0.6 is 0 Å². The number of nitriles is 1. The fourth-order valence-corrected chi connectivity index (χ4v) is 3.26. The summed E-state index contributed by atoms with van der Waals surface area (Å²) in [6, 6.07) is 5.67. The number of aliphatic hydroxyl groups excluding tert-OH is 1. The molecule has 2 N–H and O–H groups in total. The largest absolute Gasteiger partial charge is 0.389 e. The number of rotatable bonds is 6. The van der Waals surface area contributed by atoms with Crippen LogP contribution < -0.4 is 10.2 Å². The maximum atomic E-state index is 12.5. The molecule has 9 heteroatoms. The van der Waals surface area contributed by atoms with Crippen molar-refractivity contribution in [3.63, 3.8) is 0 Å². The highest BCUT2D eigenvalue weighted by molar-refractivity contribution is 5.92. The first kappa shape index (κ1) is 27.2. The number of carbonyl (C=O) groups is 1. The van der Waals surface area contributed by atoms with Gasteiger partial charge in [-0.3, -0.25) is 14.8 Å². The van der Waals surface area contributed by atoms with Crippen LogP contribution in [0.1, 0.15) is 40.2 Å². The van der Waals surface area contributed by atoms with Crippen LogP contribution in [0.5, 0.6) is 0 Å². The van der Waals surface area contributed by atoms with E-state index in [9.17, 15) is 15.2 Å². The average Bonchev–Trinajstić information content (AvgIpc) is 2.84. The molecule has 1 saturated heterocycles. The van der Waals surface area contributed by atoms with Crippen molar-refractivity contribution in [1.29, 1.82) is 5.26 Å². The van der Waals surface area contributed by atoms with Crippen molar-refractivity contribution in [2.75, 3.05) is 38.3 Å². The van der Waals surface area contributed by atoms with Gasteiger partial charge in [0.05, 0.1) is 36.6 Å². The summed E-state index contributed by atoms with van der Waals surface area (Å²) in [5.41, 5.74) is 2.40. The van der Waals surface area contributed by atoms with Gasteiger partial charge in [-0.15, -0.1) is 0 Å². The Labute approximate surface area is 190 Å². The minimum atomic E-state index is -0.774. The lowest BCUT2D eigenvalue weighted by atomic mass is 10.1. The standard InChI is InChI=1S/C19H23N5O4.2C2H6/c1-12-9-24(10-16(28-12)19(26)23-8-14(25)11-27-2)15-4-3-13(7-20)17-18(15)22-6-5-21-17;2*1-2/h3-6,12,14,16,25H,8-11H2,1-2H3,(H,23,26);2*1-2H3/t12?,14?,16-;;/m1../s1. The van der Waals surface area contributed by atoms with Gasteiger partial charge in [0.25, 0.3) is 5.91 Å². The number of nitrogens with one attached hydrogen (secondary N) is 1. The number of amides is 1. The van der Waals surface area contributed by atoms with Crippen molar-refractivity contribution >= 4 is 22.6 Å². The SMILES string of the molecule is CC.CC.COCC(O)CNC(=O)[C@H]1CN(c2ccc(C#N)c3nccnc23)CC(C)O1. The third-order valence-corrected chi connectivity index (χ3v) is 4.49. The predicted molar refractivity (Wildman–Crippen MR) is 124 cm³/mol. The molecule has 1 aromatic carbocycles. The predicted octanol–water partition coefficient (Wildman–Crippen LogP) is 2.27. The van der Waals surface area contributed by atoms with E-state index in [2.05, 4.69) is 21.4 Å². The van der Waals surface area contributed by atoms with E-state index in [4.69, 9.17) is 9.47 Å². The summed E-state index contributed by atoms with van der Waals surface area (Å²) in [6.45, 7) is 11.0. The van der Waals surface area contributed by atoms with Gasteiger partial charge in [0.15, 0.2) is 6.10 Å². The second-order valence-corrected chi connectivity index (χ2v) is 6.69. The number of ether oxygens (including phenoxy) is 2. The molecule has 0 saturated carbocycles. The summed E-state index contributed by atoms with van der Waals surface area (Å²) in [6.07, 6.45) is 1.48. The number of methoxy groups -OCH3 is 1. The summed E-state index contributed by atoms with van der Waals surface area (Å²) < 4.78 is 10.7. The highest BCUT2D eigenvalue weighted by Crippen LogP contribution is 2.28. The zero-order chi connectivity index (χ0) is 24.1. The van der Waals surface area contributed by atoms with Gasteiger partial charge in [0, 0.05) is 32.6 Å². The van der Waals surface area contributed by atoms with Crippen LogP contribution in [0.3, 0.4) is 0 Å². The van der Waals surface area contributed by atoms with Crippen molar-refractivity contribution in [2.45, 2.75) is 52.9 Å². The Morgan fingerprint density at radius 2 is 1.94 bits per heavy atom. The Bertz CT molecular complexity index is 886. The van der Waals surface area contributed by atoms with Crippen molar-refractivity contribution in [1.82, 2.24) is 15.3 Å². The molecule has 32 heavy (non-hydrogen) atoms. The van der Waals surface area contributed by atoms with Crippen molar-refractivity contribution in [2.24, 2.45) is 0 Å². The van der Waals surface area contributed by atoms with E-state index in [-0.39, 0.29) is 25.2 Å². The second kappa shape index (κ2) is 14.3. The fraction of sp³-hybridized carbons (Fsp3) is 0.565. The lowest BCUT2D eigenvalue weighted by Crippen LogP contribution is -2.53. The quantitative estimate of drug-likeness (QED) is 0.695. The van der Waals surface area contributed by atoms with Crippen LogP contribution in [0.4, 0.5) is 5.69 Å². The van der Waals surface area contributed by atoms with Crippen LogP contribution in [0.2, 0.25) is 0 Å². The Morgan fingerprint density at radius 3 is 2.56 bits per heavy atom. The smallest absolute Gasteiger partial charge is 0.251 e. The number of fused-ring (bicyclic) bond motifs is 1. The molecule has 0 aliphatic carbocycles. The lowest BCUT2D eigenvalue weighted by molar-refractivity contribution is -0.137. The highest BCUT2D eigenvalue weighted by atomic mass is 16.5. The zero-order valence-corrected chi connectivity index (χ0v) is 19.8. The molecule has 2 aromatic rings. The van der Waals surface area contributed by atoms with Gasteiger partial charge in [-0.25, -0.2) is 0 Å². The zero-order valence-electron chi connectivity index (χ0n) is 19.8. The van der Waals surface area contributed by atoms with Gasteiger partial charge in [-0.1, -0.05) is 27.7 Å². The van der Waals surface area contributed by atoms with Crippen molar-refractivity contribution in [3.05, 3.63) is 30.1 Å². The van der Waals surface area contributed by atoms with Crippen molar-refractivity contribution in [3.8, 4) is 6.07 Å². The van der Waals surface area contributed by atoms with Crippen molar-refractivity contribution < 1.29 is 19.4 Å². The number of anilines is 1. The van der Waals surface area contributed by atoms with Gasteiger partial charge < -0.3 is 24.8 Å². The number of morpholine rings is 1. The molecule has 0 bridgehead atoms. The van der Waals surface area contributed by atoms with Crippen LogP contribution in [0, 0.1) is 11.3 Å². The molecule has 1 aliphatic rings.